The molecule has 0 aliphatic carbocycles. The first kappa shape index (κ1) is 26.6. The molecule has 8 nitrogen and oxygen atoms in total. The first-order valence-electron chi connectivity index (χ1n) is 12.1. The maximum Gasteiger partial charge on any atom is 0.337 e. The van der Waals surface area contributed by atoms with Gasteiger partial charge in [0.25, 0.3) is 11.7 Å². The lowest BCUT2D eigenvalue weighted by molar-refractivity contribution is -0.140. The Morgan fingerprint density at radius 3 is 2.21 bits per heavy atom. The van der Waals surface area contributed by atoms with Gasteiger partial charge in [0.05, 0.1) is 30.9 Å². The largest absolute Gasteiger partial charge is 0.507 e. The molecule has 1 atom stereocenters. The van der Waals surface area contributed by atoms with Crippen LogP contribution in [0.1, 0.15) is 38.7 Å². The van der Waals surface area contributed by atoms with Crippen molar-refractivity contribution >= 4 is 23.4 Å². The molecule has 3 aromatic carbocycles. The van der Waals surface area contributed by atoms with Crippen LogP contribution in [0.25, 0.3) is 5.76 Å². The Hall–Kier alpha value is -4.43. The van der Waals surface area contributed by atoms with E-state index in [9.17, 15) is 19.5 Å². The van der Waals surface area contributed by atoms with Gasteiger partial charge >= 0.3 is 5.97 Å². The molecule has 8 heteroatoms. The highest BCUT2D eigenvalue weighted by molar-refractivity contribution is 6.46. The first-order valence-corrected chi connectivity index (χ1v) is 12.1. The molecule has 1 unspecified atom stereocenters. The lowest BCUT2D eigenvalue weighted by Gasteiger charge is -2.25. The van der Waals surface area contributed by atoms with Gasteiger partial charge in [-0.1, -0.05) is 36.4 Å². The third-order valence-electron chi connectivity index (χ3n) is 6.51. The van der Waals surface area contributed by atoms with Gasteiger partial charge in [-0.05, 0) is 60.0 Å². The maximum absolute atomic E-state index is 13.1. The van der Waals surface area contributed by atoms with E-state index in [0.717, 1.165) is 11.1 Å². The average Bonchev–Trinajstić information content (AvgIpc) is 3.20. The summed E-state index contributed by atoms with van der Waals surface area (Å²) in [6.07, 6.45) is 0. The summed E-state index contributed by atoms with van der Waals surface area (Å²) in [5.41, 5.74) is 3.41. The predicted molar refractivity (Wildman–Crippen MR) is 141 cm³/mol. The number of amides is 1. The SMILES string of the molecule is COCCN1C(=O)C(=O)/C(=C(/O)c2ccc(OCc3ccccc3C)cc2)C1c1ccc(C(=O)OC)cc1. The fraction of sp³-hybridized carbons (Fsp3) is 0.233. The van der Waals surface area contributed by atoms with Crippen LogP contribution in [0.15, 0.2) is 78.4 Å². The van der Waals surface area contributed by atoms with Crippen LogP contribution in [0.3, 0.4) is 0 Å². The number of benzene rings is 3. The van der Waals surface area contributed by atoms with E-state index in [4.69, 9.17) is 14.2 Å². The van der Waals surface area contributed by atoms with Crippen LogP contribution in [0.5, 0.6) is 5.75 Å². The Kier molecular flexibility index (Phi) is 8.23. The van der Waals surface area contributed by atoms with Crippen LogP contribution >= 0.6 is 0 Å². The Labute approximate surface area is 221 Å². The van der Waals surface area contributed by atoms with Crippen molar-refractivity contribution in [3.63, 3.8) is 0 Å². The molecule has 196 valence electrons. The molecule has 38 heavy (non-hydrogen) atoms. The Balaban J connectivity index is 1.65. The van der Waals surface area contributed by atoms with Gasteiger partial charge in [-0.25, -0.2) is 4.79 Å². The van der Waals surface area contributed by atoms with Crippen LogP contribution in [0.4, 0.5) is 0 Å². The predicted octanol–water partition coefficient (Wildman–Crippen LogP) is 4.43. The number of hydrogen-bond acceptors (Lipinski definition) is 7. The molecule has 1 aliphatic rings. The molecule has 0 aromatic heterocycles. The molecule has 1 heterocycles. The van der Waals surface area contributed by atoms with E-state index in [-0.39, 0.29) is 24.5 Å². The van der Waals surface area contributed by atoms with Crippen molar-refractivity contribution in [3.05, 3.63) is 106 Å². The monoisotopic (exact) mass is 515 g/mol. The van der Waals surface area contributed by atoms with E-state index < -0.39 is 23.7 Å². The molecule has 1 N–H and O–H groups in total. The van der Waals surface area contributed by atoms with Crippen LogP contribution < -0.4 is 4.74 Å². The number of esters is 1. The van der Waals surface area contributed by atoms with Crippen LogP contribution in [0.2, 0.25) is 0 Å². The van der Waals surface area contributed by atoms with Gasteiger partial charge < -0.3 is 24.2 Å². The zero-order valence-electron chi connectivity index (χ0n) is 21.5. The molecule has 3 aromatic rings. The number of hydrogen-bond donors (Lipinski definition) is 1. The molecule has 1 aliphatic heterocycles. The molecule has 0 spiro atoms. The topological polar surface area (TPSA) is 102 Å². The number of aryl methyl sites for hydroxylation is 1. The fourth-order valence-electron chi connectivity index (χ4n) is 4.36. The minimum atomic E-state index is -0.853. The van der Waals surface area contributed by atoms with Gasteiger partial charge in [0.2, 0.25) is 0 Å². The lowest BCUT2D eigenvalue weighted by Crippen LogP contribution is -2.32. The van der Waals surface area contributed by atoms with Crippen molar-refractivity contribution in [1.82, 2.24) is 4.90 Å². The normalized spacial score (nSPS) is 16.5. The van der Waals surface area contributed by atoms with Crippen LogP contribution in [0, 0.1) is 6.92 Å². The van der Waals surface area contributed by atoms with E-state index >= 15 is 0 Å². The third kappa shape index (κ3) is 5.45. The second-order valence-electron chi connectivity index (χ2n) is 8.84. The summed E-state index contributed by atoms with van der Waals surface area (Å²) in [5, 5.41) is 11.2. The molecule has 0 saturated carbocycles. The number of carbonyl (C=O) groups is 3. The zero-order chi connectivity index (χ0) is 27.2. The molecule has 1 saturated heterocycles. The summed E-state index contributed by atoms with van der Waals surface area (Å²) in [4.78, 5) is 39.3. The summed E-state index contributed by atoms with van der Waals surface area (Å²) in [5.74, 6) is -1.73. The van der Waals surface area contributed by atoms with Crippen molar-refractivity contribution in [2.75, 3.05) is 27.4 Å². The van der Waals surface area contributed by atoms with E-state index in [1.807, 2.05) is 31.2 Å². The highest BCUT2D eigenvalue weighted by Gasteiger charge is 2.45. The second-order valence-corrected chi connectivity index (χ2v) is 8.84. The molecule has 4 rings (SSSR count). The Morgan fingerprint density at radius 1 is 0.921 bits per heavy atom. The zero-order valence-corrected chi connectivity index (χ0v) is 21.5. The van der Waals surface area contributed by atoms with Crippen molar-refractivity contribution in [2.45, 2.75) is 19.6 Å². The molecule has 1 amide bonds. The van der Waals surface area contributed by atoms with E-state index in [1.54, 1.807) is 48.5 Å². The molecule has 1 fully saturated rings. The van der Waals surface area contributed by atoms with Gasteiger partial charge in [0, 0.05) is 19.2 Å². The van der Waals surface area contributed by atoms with E-state index in [1.165, 1.54) is 19.1 Å². The van der Waals surface area contributed by atoms with Crippen LogP contribution in [-0.2, 0) is 25.7 Å². The standard InChI is InChI=1S/C30H29NO7/c1-19-6-4-5-7-23(19)18-38-24-14-12-21(13-15-24)27(32)25-26(31(16-17-36-2)29(34)28(25)33)20-8-10-22(11-9-20)30(35)37-3/h4-15,26,32H,16-18H2,1-3H3/b27-25+. The maximum atomic E-state index is 13.1. The number of Topliss-reactive ketones (excluding diaryl/α,β-unsaturated/α-hetero) is 1. The third-order valence-corrected chi connectivity index (χ3v) is 6.51. The van der Waals surface area contributed by atoms with Gasteiger partial charge in [0.1, 0.15) is 18.1 Å². The van der Waals surface area contributed by atoms with Gasteiger partial charge in [0.15, 0.2) is 0 Å². The Morgan fingerprint density at radius 2 is 1.58 bits per heavy atom. The number of aliphatic hydroxyl groups is 1. The summed E-state index contributed by atoms with van der Waals surface area (Å²) in [7, 11) is 2.79. The minimum Gasteiger partial charge on any atom is -0.507 e. The summed E-state index contributed by atoms with van der Waals surface area (Å²) in [6, 6.07) is 20.1. The van der Waals surface area contributed by atoms with Crippen molar-refractivity contribution in [2.24, 2.45) is 0 Å². The summed E-state index contributed by atoms with van der Waals surface area (Å²) in [6.45, 7) is 2.76. The number of likely N-dealkylation sites (tertiary alicyclic amines) is 1. The summed E-state index contributed by atoms with van der Waals surface area (Å²) >= 11 is 0. The number of ether oxygens (including phenoxy) is 3. The number of ketones is 1. The highest BCUT2D eigenvalue weighted by atomic mass is 16.5. The van der Waals surface area contributed by atoms with Crippen molar-refractivity contribution in [1.29, 1.82) is 0 Å². The number of rotatable bonds is 9. The Bertz CT molecular complexity index is 1360. The number of carbonyl (C=O) groups excluding carboxylic acids is 3. The molecule has 0 radical (unpaired) electrons. The van der Waals surface area contributed by atoms with Gasteiger partial charge in [-0.2, -0.15) is 0 Å². The fourth-order valence-corrected chi connectivity index (χ4v) is 4.36. The van der Waals surface area contributed by atoms with Crippen LogP contribution in [-0.4, -0.2) is 55.0 Å². The minimum absolute atomic E-state index is 0.0366. The lowest BCUT2D eigenvalue weighted by atomic mass is 9.94. The molecular formula is C30H29NO7. The summed E-state index contributed by atoms with van der Waals surface area (Å²) < 4.78 is 15.8. The average molecular weight is 516 g/mol. The van der Waals surface area contributed by atoms with Gasteiger partial charge in [-0.3, -0.25) is 9.59 Å². The molecule has 0 bridgehead atoms. The van der Waals surface area contributed by atoms with E-state index in [2.05, 4.69) is 0 Å². The first-order chi connectivity index (χ1) is 18.3. The second kappa shape index (κ2) is 11.7. The quantitative estimate of drug-likeness (QED) is 0.195. The highest BCUT2D eigenvalue weighted by Crippen LogP contribution is 2.39. The smallest absolute Gasteiger partial charge is 0.337 e. The number of aliphatic hydroxyl groups excluding tert-OH is 1. The molecular weight excluding hydrogens is 486 g/mol. The number of methoxy groups -OCH3 is 2. The van der Waals surface area contributed by atoms with E-state index in [0.29, 0.717) is 29.0 Å². The van der Waals surface area contributed by atoms with Crippen molar-refractivity contribution < 1.29 is 33.7 Å². The van der Waals surface area contributed by atoms with Crippen molar-refractivity contribution in [3.8, 4) is 5.75 Å². The number of nitrogens with zero attached hydrogens (tertiary/aromatic N) is 1. The van der Waals surface area contributed by atoms with Gasteiger partial charge in [-0.15, -0.1) is 0 Å².